The predicted molar refractivity (Wildman–Crippen MR) is 91.7 cm³/mol. The minimum Gasteiger partial charge on any atom is -0.341 e. The Morgan fingerprint density at radius 1 is 0.708 bits per heavy atom. The molecule has 0 radical (unpaired) electrons. The lowest BCUT2D eigenvalue weighted by Gasteiger charge is -2.17. The molecule has 24 heavy (non-hydrogen) atoms. The molecule has 2 N–H and O–H groups in total. The van der Waals surface area contributed by atoms with Crippen LogP contribution in [0.15, 0.2) is 59.7 Å². The summed E-state index contributed by atoms with van der Waals surface area (Å²) in [6.45, 7) is 0. The van der Waals surface area contributed by atoms with Crippen molar-refractivity contribution in [2.45, 2.75) is 12.1 Å². The Hall–Kier alpha value is -2.30. The van der Waals surface area contributed by atoms with Crippen LogP contribution in [-0.4, -0.2) is 11.8 Å². The first kappa shape index (κ1) is 15.2. The minimum absolute atomic E-state index is 0.252. The molecule has 2 aliphatic rings. The minimum atomic E-state index is -0.490. The number of hydrogen-bond donors (Lipinski definition) is 2. The van der Waals surface area contributed by atoms with Gasteiger partial charge in [-0.05, 0) is 35.4 Å². The van der Waals surface area contributed by atoms with E-state index in [4.69, 9.17) is 23.2 Å². The molecule has 2 aliphatic heterocycles. The van der Waals surface area contributed by atoms with Crippen LogP contribution in [0, 0.1) is 0 Å². The average Bonchev–Trinajstić information content (AvgIpc) is 3.07. The van der Waals surface area contributed by atoms with Gasteiger partial charge in [-0.2, -0.15) is 0 Å². The van der Waals surface area contributed by atoms with E-state index < -0.39 is 12.1 Å². The van der Waals surface area contributed by atoms with Gasteiger partial charge in [-0.25, -0.2) is 0 Å². The SMILES string of the molecule is O=C1NC(c2cccc(Cl)c2)C2=C1C(c1cccc(Cl)c1)NC2=O. The first-order valence-electron chi connectivity index (χ1n) is 7.41. The summed E-state index contributed by atoms with van der Waals surface area (Å²) in [5, 5.41) is 6.87. The van der Waals surface area contributed by atoms with E-state index in [-0.39, 0.29) is 11.8 Å². The lowest BCUT2D eigenvalue weighted by Crippen LogP contribution is -2.33. The highest BCUT2D eigenvalue weighted by Gasteiger charge is 2.46. The van der Waals surface area contributed by atoms with E-state index in [1.165, 1.54) is 0 Å². The first-order chi connectivity index (χ1) is 11.5. The van der Waals surface area contributed by atoms with Crippen molar-refractivity contribution in [2.24, 2.45) is 0 Å². The molecule has 0 saturated heterocycles. The van der Waals surface area contributed by atoms with E-state index >= 15 is 0 Å². The number of carbonyl (C=O) groups is 2. The molecule has 4 rings (SSSR count). The summed E-state index contributed by atoms with van der Waals surface area (Å²) < 4.78 is 0. The van der Waals surface area contributed by atoms with Crippen LogP contribution >= 0.6 is 23.2 Å². The van der Waals surface area contributed by atoms with Crippen LogP contribution in [0.5, 0.6) is 0 Å². The molecule has 0 bridgehead atoms. The van der Waals surface area contributed by atoms with Crippen molar-refractivity contribution in [2.75, 3.05) is 0 Å². The summed E-state index contributed by atoms with van der Waals surface area (Å²) in [4.78, 5) is 25.0. The Balaban J connectivity index is 1.80. The number of nitrogens with one attached hydrogen (secondary N) is 2. The number of hydrogen-bond acceptors (Lipinski definition) is 2. The first-order valence-corrected chi connectivity index (χ1v) is 8.17. The molecule has 0 aliphatic carbocycles. The van der Waals surface area contributed by atoms with E-state index in [0.29, 0.717) is 21.2 Å². The predicted octanol–water partition coefficient (Wildman–Crippen LogP) is 3.33. The molecule has 2 atom stereocenters. The fraction of sp³-hybridized carbons (Fsp3) is 0.111. The third-order valence-electron chi connectivity index (χ3n) is 4.27. The van der Waals surface area contributed by atoms with Gasteiger partial charge in [0.15, 0.2) is 0 Å². The highest BCUT2D eigenvalue weighted by Crippen LogP contribution is 2.41. The smallest absolute Gasteiger partial charge is 0.250 e. The van der Waals surface area contributed by atoms with E-state index in [1.807, 2.05) is 12.1 Å². The van der Waals surface area contributed by atoms with Gasteiger partial charge in [-0.3, -0.25) is 9.59 Å². The molecule has 0 aromatic heterocycles. The highest BCUT2D eigenvalue weighted by atomic mass is 35.5. The fourth-order valence-corrected chi connectivity index (χ4v) is 3.65. The van der Waals surface area contributed by atoms with E-state index in [0.717, 1.165) is 11.1 Å². The molecule has 0 saturated carbocycles. The maximum atomic E-state index is 12.5. The van der Waals surface area contributed by atoms with Crippen molar-refractivity contribution in [3.05, 3.63) is 80.8 Å². The third-order valence-corrected chi connectivity index (χ3v) is 4.74. The van der Waals surface area contributed by atoms with Gasteiger partial charge in [0, 0.05) is 10.0 Å². The van der Waals surface area contributed by atoms with Crippen molar-refractivity contribution < 1.29 is 9.59 Å². The zero-order chi connectivity index (χ0) is 16.8. The van der Waals surface area contributed by atoms with Crippen LogP contribution in [-0.2, 0) is 9.59 Å². The van der Waals surface area contributed by atoms with Crippen LogP contribution in [0.2, 0.25) is 10.0 Å². The molecular formula is C18H12Cl2N2O2. The summed E-state index contributed by atoms with van der Waals surface area (Å²) in [6.07, 6.45) is 0. The second-order valence-corrected chi connectivity index (χ2v) is 6.62. The molecule has 0 spiro atoms. The van der Waals surface area contributed by atoms with Gasteiger partial charge in [0.2, 0.25) is 0 Å². The lowest BCUT2D eigenvalue weighted by molar-refractivity contribution is -0.118. The zero-order valence-corrected chi connectivity index (χ0v) is 13.9. The molecule has 0 fully saturated rings. The van der Waals surface area contributed by atoms with Gasteiger partial charge in [-0.15, -0.1) is 0 Å². The quantitative estimate of drug-likeness (QED) is 0.864. The van der Waals surface area contributed by atoms with E-state index in [9.17, 15) is 9.59 Å². The Kier molecular flexibility index (Phi) is 3.59. The van der Waals surface area contributed by atoms with E-state index in [1.54, 1.807) is 36.4 Å². The molecule has 6 heteroatoms. The van der Waals surface area contributed by atoms with Gasteiger partial charge in [-0.1, -0.05) is 47.5 Å². The molecule has 4 nitrogen and oxygen atoms in total. The highest BCUT2D eigenvalue weighted by molar-refractivity contribution is 6.31. The van der Waals surface area contributed by atoms with E-state index in [2.05, 4.69) is 10.6 Å². The number of halogens is 2. The van der Waals surface area contributed by atoms with Gasteiger partial charge in [0.05, 0.1) is 23.2 Å². The average molecular weight is 359 g/mol. The van der Waals surface area contributed by atoms with Crippen molar-refractivity contribution in [3.8, 4) is 0 Å². The summed E-state index contributed by atoms with van der Waals surface area (Å²) in [5.74, 6) is -0.503. The van der Waals surface area contributed by atoms with Gasteiger partial charge in [0.1, 0.15) is 0 Å². The molecule has 2 heterocycles. The van der Waals surface area contributed by atoms with Crippen LogP contribution < -0.4 is 10.6 Å². The van der Waals surface area contributed by atoms with Crippen LogP contribution in [0.25, 0.3) is 0 Å². The molecular weight excluding hydrogens is 347 g/mol. The second kappa shape index (κ2) is 5.65. The number of amides is 2. The zero-order valence-electron chi connectivity index (χ0n) is 12.3. The fourth-order valence-electron chi connectivity index (χ4n) is 3.25. The van der Waals surface area contributed by atoms with Crippen molar-refractivity contribution in [1.82, 2.24) is 10.6 Å². The maximum absolute atomic E-state index is 12.5. The topological polar surface area (TPSA) is 58.2 Å². The molecule has 2 unspecified atom stereocenters. The van der Waals surface area contributed by atoms with Crippen molar-refractivity contribution >= 4 is 35.0 Å². The van der Waals surface area contributed by atoms with Crippen LogP contribution in [0.1, 0.15) is 23.2 Å². The molecule has 120 valence electrons. The third kappa shape index (κ3) is 2.39. The summed E-state index contributed by atoms with van der Waals surface area (Å²) >= 11 is 12.1. The summed E-state index contributed by atoms with van der Waals surface area (Å²) in [6, 6.07) is 13.3. The van der Waals surface area contributed by atoms with Crippen LogP contribution in [0.4, 0.5) is 0 Å². The summed E-state index contributed by atoms with van der Waals surface area (Å²) in [5.41, 5.74) is 2.46. The molecule has 2 aromatic rings. The monoisotopic (exact) mass is 358 g/mol. The molecule has 2 amide bonds. The Morgan fingerprint density at radius 2 is 1.12 bits per heavy atom. The largest absolute Gasteiger partial charge is 0.341 e. The lowest BCUT2D eigenvalue weighted by atomic mass is 9.95. The number of carbonyl (C=O) groups excluding carboxylic acids is 2. The van der Waals surface area contributed by atoms with Crippen molar-refractivity contribution in [1.29, 1.82) is 0 Å². The normalized spacial score (nSPS) is 22.4. The van der Waals surface area contributed by atoms with Gasteiger partial charge < -0.3 is 10.6 Å². The summed E-state index contributed by atoms with van der Waals surface area (Å²) in [7, 11) is 0. The second-order valence-electron chi connectivity index (χ2n) is 5.75. The molecule has 2 aromatic carbocycles. The standard InChI is InChI=1S/C18H12Cl2N2O2/c19-11-5-1-3-9(7-11)15-13-14(18(24)21-15)16(22-17(13)23)10-4-2-6-12(20)8-10/h1-8,15-16H,(H,21,24)(H,22,23). The van der Waals surface area contributed by atoms with Gasteiger partial charge in [0.25, 0.3) is 11.8 Å². The van der Waals surface area contributed by atoms with Gasteiger partial charge >= 0.3 is 0 Å². The van der Waals surface area contributed by atoms with Crippen molar-refractivity contribution in [3.63, 3.8) is 0 Å². The Bertz CT molecular complexity index is 834. The number of benzene rings is 2. The van der Waals surface area contributed by atoms with Crippen LogP contribution in [0.3, 0.4) is 0 Å². The Morgan fingerprint density at radius 3 is 1.50 bits per heavy atom. The Labute approximate surface area is 148 Å². The number of rotatable bonds is 2. The maximum Gasteiger partial charge on any atom is 0.250 e.